The number of ether oxygens (including phenoxy) is 6. The lowest BCUT2D eigenvalue weighted by atomic mass is 9.98. The predicted molar refractivity (Wildman–Crippen MR) is 101 cm³/mol. The van der Waals surface area contributed by atoms with Crippen LogP contribution < -0.4 is 0 Å². The van der Waals surface area contributed by atoms with E-state index >= 15 is 0 Å². The highest BCUT2D eigenvalue weighted by atomic mass is 16.8. The molecule has 3 heterocycles. The fourth-order valence-electron chi connectivity index (χ4n) is 4.02. The summed E-state index contributed by atoms with van der Waals surface area (Å²) in [6.45, 7) is 13.8. The fraction of sp³-hybridized carbons (Fsp3) is 0.900. The number of epoxide rings is 1. The van der Waals surface area contributed by atoms with Gasteiger partial charge in [-0.3, -0.25) is 9.59 Å². The van der Waals surface area contributed by atoms with Crippen LogP contribution in [-0.4, -0.2) is 84.7 Å². The van der Waals surface area contributed by atoms with Gasteiger partial charge in [-0.25, -0.2) is 0 Å². The third-order valence-corrected chi connectivity index (χ3v) is 5.35. The Labute approximate surface area is 171 Å². The molecule has 29 heavy (non-hydrogen) atoms. The van der Waals surface area contributed by atoms with Gasteiger partial charge in [0.25, 0.3) is 5.91 Å². The van der Waals surface area contributed by atoms with E-state index in [2.05, 4.69) is 0 Å². The van der Waals surface area contributed by atoms with Gasteiger partial charge in [0, 0.05) is 20.0 Å². The van der Waals surface area contributed by atoms with Gasteiger partial charge in [0.1, 0.15) is 24.4 Å². The van der Waals surface area contributed by atoms with Crippen LogP contribution >= 0.6 is 0 Å². The molecule has 3 rings (SSSR count). The van der Waals surface area contributed by atoms with Crippen molar-refractivity contribution in [2.24, 2.45) is 0 Å². The molecule has 166 valence electrons. The molecule has 0 bridgehead atoms. The van der Waals surface area contributed by atoms with E-state index in [4.69, 9.17) is 28.4 Å². The van der Waals surface area contributed by atoms with E-state index in [1.807, 2.05) is 13.8 Å². The van der Waals surface area contributed by atoms with Crippen molar-refractivity contribution in [3.63, 3.8) is 0 Å². The molecule has 0 aromatic rings. The second-order valence-electron chi connectivity index (χ2n) is 8.54. The zero-order valence-corrected chi connectivity index (χ0v) is 18.3. The van der Waals surface area contributed by atoms with Crippen molar-refractivity contribution >= 4 is 11.9 Å². The minimum Gasteiger partial charge on any atom is -0.457 e. The van der Waals surface area contributed by atoms with E-state index in [1.165, 1.54) is 6.92 Å². The number of nitrogens with zero attached hydrogens (tertiary/aromatic N) is 1. The number of carbonyl (C=O) groups is 2. The van der Waals surface area contributed by atoms with Crippen molar-refractivity contribution in [1.29, 1.82) is 0 Å². The van der Waals surface area contributed by atoms with Gasteiger partial charge in [-0.05, 0) is 41.5 Å². The summed E-state index contributed by atoms with van der Waals surface area (Å²) in [5.41, 5.74) is 0. The summed E-state index contributed by atoms with van der Waals surface area (Å²) in [4.78, 5) is 26.0. The smallest absolute Gasteiger partial charge is 0.303 e. The molecule has 0 spiro atoms. The van der Waals surface area contributed by atoms with E-state index in [1.54, 1.807) is 32.6 Å². The number of likely N-dealkylation sites (N-methyl/N-ethyl adjacent to an activating group) is 1. The van der Waals surface area contributed by atoms with Crippen LogP contribution in [0.15, 0.2) is 0 Å². The van der Waals surface area contributed by atoms with Crippen LogP contribution in [0.25, 0.3) is 0 Å². The number of esters is 1. The molecule has 0 radical (unpaired) electrons. The molecule has 0 saturated carbocycles. The average molecular weight is 415 g/mol. The Morgan fingerprint density at radius 1 is 0.931 bits per heavy atom. The van der Waals surface area contributed by atoms with Gasteiger partial charge >= 0.3 is 5.97 Å². The van der Waals surface area contributed by atoms with Gasteiger partial charge < -0.3 is 33.3 Å². The molecule has 1 amide bonds. The molecule has 3 fully saturated rings. The first-order valence-corrected chi connectivity index (χ1v) is 10.3. The van der Waals surface area contributed by atoms with Crippen molar-refractivity contribution in [3.8, 4) is 0 Å². The third kappa shape index (κ3) is 4.91. The van der Waals surface area contributed by atoms with Crippen LogP contribution in [0, 0.1) is 0 Å². The Morgan fingerprint density at radius 3 is 2.03 bits per heavy atom. The van der Waals surface area contributed by atoms with Crippen molar-refractivity contribution in [2.45, 2.75) is 96.7 Å². The summed E-state index contributed by atoms with van der Waals surface area (Å²) >= 11 is 0. The summed E-state index contributed by atoms with van der Waals surface area (Å²) in [6, 6.07) is 0. The molecular weight excluding hydrogens is 382 g/mol. The van der Waals surface area contributed by atoms with Crippen LogP contribution in [0.5, 0.6) is 0 Å². The lowest BCUT2D eigenvalue weighted by molar-refractivity contribution is -0.324. The summed E-state index contributed by atoms with van der Waals surface area (Å²) in [5.74, 6) is -2.25. The molecule has 0 aromatic heterocycles. The first-order chi connectivity index (χ1) is 13.5. The monoisotopic (exact) mass is 415 g/mol. The van der Waals surface area contributed by atoms with Crippen molar-refractivity contribution in [2.75, 3.05) is 19.7 Å². The van der Waals surface area contributed by atoms with E-state index in [0.717, 1.165) is 0 Å². The summed E-state index contributed by atoms with van der Waals surface area (Å²) in [7, 11) is 0. The van der Waals surface area contributed by atoms with E-state index in [-0.39, 0.29) is 12.5 Å². The van der Waals surface area contributed by atoms with E-state index in [9.17, 15) is 9.59 Å². The normalized spacial score (nSPS) is 37.8. The van der Waals surface area contributed by atoms with Crippen LogP contribution in [0.1, 0.15) is 48.5 Å². The Morgan fingerprint density at radius 2 is 1.48 bits per heavy atom. The van der Waals surface area contributed by atoms with Gasteiger partial charge in [0.05, 0.1) is 6.61 Å². The zero-order chi connectivity index (χ0) is 21.6. The van der Waals surface area contributed by atoms with Crippen LogP contribution in [0.4, 0.5) is 0 Å². The molecule has 3 aliphatic heterocycles. The number of carbonyl (C=O) groups excluding carboxylic acids is 2. The number of amides is 1. The minimum absolute atomic E-state index is 0.0585. The highest BCUT2D eigenvalue weighted by Crippen LogP contribution is 2.43. The van der Waals surface area contributed by atoms with Crippen molar-refractivity contribution < 1.29 is 38.0 Å². The number of rotatable bonds is 6. The predicted octanol–water partition coefficient (Wildman–Crippen LogP) is 1.23. The SMILES string of the molecule is CCN(CC)C(=O)[C@@H]1O[C@H]1[C@H]1OC(C)(C)O[C@H]1[C@@H]1OC(C)(C)OC[C@H]1OC(C)=O. The van der Waals surface area contributed by atoms with Gasteiger partial charge in [-0.2, -0.15) is 0 Å². The molecule has 0 aromatic carbocycles. The van der Waals surface area contributed by atoms with Gasteiger partial charge in [0.15, 0.2) is 23.8 Å². The van der Waals surface area contributed by atoms with E-state index < -0.39 is 54.2 Å². The molecule has 0 unspecified atom stereocenters. The number of hydrogen-bond acceptors (Lipinski definition) is 8. The van der Waals surface area contributed by atoms with Crippen LogP contribution in [0.2, 0.25) is 0 Å². The van der Waals surface area contributed by atoms with Crippen molar-refractivity contribution in [3.05, 3.63) is 0 Å². The molecule has 0 aliphatic carbocycles. The first-order valence-electron chi connectivity index (χ1n) is 10.3. The maximum Gasteiger partial charge on any atom is 0.303 e. The second-order valence-corrected chi connectivity index (χ2v) is 8.54. The lowest BCUT2D eigenvalue weighted by Crippen LogP contribution is -2.57. The topological polar surface area (TPSA) is 96.1 Å². The Bertz CT molecular complexity index is 632. The largest absolute Gasteiger partial charge is 0.457 e. The Kier molecular flexibility index (Phi) is 6.27. The lowest BCUT2D eigenvalue weighted by Gasteiger charge is -2.43. The van der Waals surface area contributed by atoms with E-state index in [0.29, 0.717) is 13.1 Å². The molecular formula is C20H33NO8. The fourth-order valence-corrected chi connectivity index (χ4v) is 4.02. The maximum atomic E-state index is 12.7. The zero-order valence-electron chi connectivity index (χ0n) is 18.3. The number of hydrogen-bond donors (Lipinski definition) is 0. The molecule has 3 aliphatic rings. The average Bonchev–Trinajstić information content (AvgIpc) is 3.34. The second kappa shape index (κ2) is 8.11. The standard InChI is InChI=1S/C20H33NO8/c1-8-21(9-2)18(23)17-14(26-17)16-15(28-20(6,7)29-16)13-12(25-11(3)22)10-24-19(4,5)27-13/h12-17H,8-10H2,1-7H3/t12-,13-,14+,15+,16-,17-/m1/s1. The first kappa shape index (κ1) is 22.4. The van der Waals surface area contributed by atoms with Gasteiger partial charge in [0.2, 0.25) is 0 Å². The van der Waals surface area contributed by atoms with Crippen LogP contribution in [0.3, 0.4) is 0 Å². The molecule has 0 N–H and O–H groups in total. The molecule has 9 nitrogen and oxygen atoms in total. The molecule has 3 saturated heterocycles. The summed E-state index contributed by atoms with van der Waals surface area (Å²) in [5, 5.41) is 0. The summed E-state index contributed by atoms with van der Waals surface area (Å²) < 4.78 is 35.2. The van der Waals surface area contributed by atoms with Gasteiger partial charge in [-0.1, -0.05) is 0 Å². The maximum absolute atomic E-state index is 12.7. The van der Waals surface area contributed by atoms with Crippen molar-refractivity contribution in [1.82, 2.24) is 4.90 Å². The summed E-state index contributed by atoms with van der Waals surface area (Å²) in [6.07, 6.45) is -3.41. The van der Waals surface area contributed by atoms with Gasteiger partial charge in [-0.15, -0.1) is 0 Å². The highest BCUT2D eigenvalue weighted by molar-refractivity contribution is 5.84. The van der Waals surface area contributed by atoms with Crippen LogP contribution in [-0.2, 0) is 38.0 Å². The Hall–Kier alpha value is -1.26. The Balaban J connectivity index is 1.80. The quantitative estimate of drug-likeness (QED) is 0.472. The molecule has 6 atom stereocenters. The third-order valence-electron chi connectivity index (χ3n) is 5.35. The molecule has 9 heteroatoms. The minimum atomic E-state index is -0.892. The highest BCUT2D eigenvalue weighted by Gasteiger charge is 2.62.